The highest BCUT2D eigenvalue weighted by Crippen LogP contribution is 2.28. The number of likely N-dealkylation sites (N-methyl/N-ethyl adjacent to an activating group) is 1. The second-order valence-corrected chi connectivity index (χ2v) is 5.89. The van der Waals surface area contributed by atoms with E-state index >= 15 is 0 Å². The van der Waals surface area contributed by atoms with Crippen molar-refractivity contribution in [3.05, 3.63) is 47.5 Å². The van der Waals surface area contributed by atoms with E-state index in [2.05, 4.69) is 20.3 Å². The van der Waals surface area contributed by atoms with Gasteiger partial charge in [-0.2, -0.15) is 9.61 Å². The van der Waals surface area contributed by atoms with Gasteiger partial charge in [-0.3, -0.25) is 0 Å². The lowest BCUT2D eigenvalue weighted by atomic mass is 10.1. The van der Waals surface area contributed by atoms with Crippen LogP contribution in [0.2, 0.25) is 5.02 Å². The first-order chi connectivity index (χ1) is 11.1. The SMILES string of the molecule is CN(C)CCNc1ccnc2c(-c3ccc(F)c(Cl)c3)cnn12. The van der Waals surface area contributed by atoms with Crippen LogP contribution < -0.4 is 5.32 Å². The Balaban J connectivity index is 1.96. The van der Waals surface area contributed by atoms with Crippen LogP contribution in [-0.4, -0.2) is 46.7 Å². The van der Waals surface area contributed by atoms with Crippen molar-refractivity contribution in [2.75, 3.05) is 32.5 Å². The highest BCUT2D eigenvalue weighted by Gasteiger charge is 2.12. The number of hydrogen-bond donors (Lipinski definition) is 1. The van der Waals surface area contributed by atoms with E-state index in [1.165, 1.54) is 6.07 Å². The van der Waals surface area contributed by atoms with Gasteiger partial charge in [-0.15, -0.1) is 0 Å². The summed E-state index contributed by atoms with van der Waals surface area (Å²) < 4.78 is 15.1. The molecule has 0 fully saturated rings. The van der Waals surface area contributed by atoms with Crippen molar-refractivity contribution in [3.63, 3.8) is 0 Å². The van der Waals surface area contributed by atoms with Crippen LogP contribution in [0.4, 0.5) is 10.2 Å². The third-order valence-corrected chi connectivity index (χ3v) is 3.79. The second kappa shape index (κ2) is 6.52. The van der Waals surface area contributed by atoms with Gasteiger partial charge in [-0.1, -0.05) is 17.7 Å². The molecule has 2 aromatic heterocycles. The van der Waals surface area contributed by atoms with E-state index in [0.717, 1.165) is 30.0 Å². The van der Waals surface area contributed by atoms with Gasteiger partial charge in [-0.05, 0) is 37.9 Å². The zero-order valence-corrected chi connectivity index (χ0v) is 13.7. The molecule has 120 valence electrons. The molecule has 0 aliphatic carbocycles. The molecule has 0 spiro atoms. The summed E-state index contributed by atoms with van der Waals surface area (Å²) in [5.41, 5.74) is 2.29. The Morgan fingerprint density at radius 3 is 2.87 bits per heavy atom. The molecule has 0 saturated heterocycles. The Kier molecular flexibility index (Phi) is 4.45. The predicted molar refractivity (Wildman–Crippen MR) is 90.4 cm³/mol. The number of hydrogen-bond acceptors (Lipinski definition) is 4. The molecule has 0 unspecified atom stereocenters. The third kappa shape index (κ3) is 3.28. The molecule has 0 bridgehead atoms. The minimum Gasteiger partial charge on any atom is -0.369 e. The van der Waals surface area contributed by atoms with Gasteiger partial charge in [0.2, 0.25) is 0 Å². The number of benzene rings is 1. The van der Waals surface area contributed by atoms with E-state index in [9.17, 15) is 4.39 Å². The van der Waals surface area contributed by atoms with E-state index in [1.807, 2.05) is 20.2 Å². The summed E-state index contributed by atoms with van der Waals surface area (Å²) in [5, 5.41) is 7.81. The van der Waals surface area contributed by atoms with Crippen LogP contribution in [0.15, 0.2) is 36.7 Å². The Hall–Kier alpha value is -2.18. The van der Waals surface area contributed by atoms with Crippen LogP contribution in [0.5, 0.6) is 0 Å². The fourth-order valence-electron chi connectivity index (χ4n) is 2.30. The molecule has 3 aromatic rings. The van der Waals surface area contributed by atoms with Crippen molar-refractivity contribution in [1.29, 1.82) is 0 Å². The number of fused-ring (bicyclic) bond motifs is 1. The van der Waals surface area contributed by atoms with E-state index in [0.29, 0.717) is 5.65 Å². The lowest BCUT2D eigenvalue weighted by molar-refractivity contribution is 0.425. The quantitative estimate of drug-likeness (QED) is 0.779. The van der Waals surface area contributed by atoms with E-state index in [1.54, 1.807) is 29.0 Å². The largest absolute Gasteiger partial charge is 0.369 e. The Labute approximate surface area is 138 Å². The summed E-state index contributed by atoms with van der Waals surface area (Å²) in [7, 11) is 4.04. The van der Waals surface area contributed by atoms with Gasteiger partial charge < -0.3 is 10.2 Å². The molecule has 0 aliphatic heterocycles. The molecule has 2 heterocycles. The van der Waals surface area contributed by atoms with Gasteiger partial charge in [0.05, 0.1) is 11.2 Å². The molecule has 0 radical (unpaired) electrons. The third-order valence-electron chi connectivity index (χ3n) is 3.50. The maximum absolute atomic E-state index is 13.3. The molecule has 0 amide bonds. The van der Waals surface area contributed by atoms with Gasteiger partial charge in [0.15, 0.2) is 5.65 Å². The zero-order chi connectivity index (χ0) is 16.4. The summed E-state index contributed by atoms with van der Waals surface area (Å²) >= 11 is 5.87. The molecule has 1 aromatic carbocycles. The fraction of sp³-hybridized carbons (Fsp3) is 0.250. The van der Waals surface area contributed by atoms with Gasteiger partial charge in [0.25, 0.3) is 0 Å². The summed E-state index contributed by atoms with van der Waals surface area (Å²) in [4.78, 5) is 6.48. The van der Waals surface area contributed by atoms with E-state index in [-0.39, 0.29) is 5.02 Å². The van der Waals surface area contributed by atoms with Crippen LogP contribution in [0.1, 0.15) is 0 Å². The first kappa shape index (κ1) is 15.7. The molecule has 1 N–H and O–H groups in total. The topological polar surface area (TPSA) is 45.5 Å². The maximum atomic E-state index is 13.3. The van der Waals surface area contributed by atoms with Gasteiger partial charge in [-0.25, -0.2) is 9.37 Å². The monoisotopic (exact) mass is 333 g/mol. The molecule has 23 heavy (non-hydrogen) atoms. The molecule has 7 heteroatoms. The van der Waals surface area contributed by atoms with Crippen LogP contribution >= 0.6 is 11.6 Å². The molecule has 0 aliphatic rings. The average Bonchev–Trinajstić information content (AvgIpc) is 2.94. The molecule has 0 atom stereocenters. The van der Waals surface area contributed by atoms with Crippen molar-refractivity contribution in [2.45, 2.75) is 0 Å². The number of nitrogens with one attached hydrogen (secondary N) is 1. The molecule has 3 rings (SSSR count). The fourth-order valence-corrected chi connectivity index (χ4v) is 2.48. The highest BCUT2D eigenvalue weighted by molar-refractivity contribution is 6.31. The standard InChI is InChI=1S/C16H17ClFN5/c1-22(2)8-7-19-15-5-6-20-16-12(10-21-23(15)16)11-3-4-14(18)13(17)9-11/h3-6,9-10,19H,7-8H2,1-2H3. The van der Waals surface area contributed by atoms with Gasteiger partial charge in [0, 0.05) is 24.8 Å². The minimum atomic E-state index is -0.439. The van der Waals surface area contributed by atoms with Crippen molar-refractivity contribution in [3.8, 4) is 11.1 Å². The van der Waals surface area contributed by atoms with Crippen molar-refractivity contribution in [2.24, 2.45) is 0 Å². The normalized spacial score (nSPS) is 11.3. The van der Waals surface area contributed by atoms with Crippen molar-refractivity contribution in [1.82, 2.24) is 19.5 Å². The van der Waals surface area contributed by atoms with Crippen LogP contribution in [-0.2, 0) is 0 Å². The maximum Gasteiger partial charge on any atom is 0.165 e. The van der Waals surface area contributed by atoms with Crippen LogP contribution in [0.25, 0.3) is 16.8 Å². The van der Waals surface area contributed by atoms with Crippen LogP contribution in [0.3, 0.4) is 0 Å². The average molecular weight is 334 g/mol. The Bertz CT molecular complexity index is 830. The van der Waals surface area contributed by atoms with E-state index in [4.69, 9.17) is 11.6 Å². The molecular formula is C16H17ClFN5. The van der Waals surface area contributed by atoms with Crippen molar-refractivity contribution >= 4 is 23.1 Å². The van der Waals surface area contributed by atoms with Gasteiger partial charge >= 0.3 is 0 Å². The molecule has 5 nitrogen and oxygen atoms in total. The zero-order valence-electron chi connectivity index (χ0n) is 12.9. The minimum absolute atomic E-state index is 0.0853. The molecular weight excluding hydrogens is 317 g/mol. The van der Waals surface area contributed by atoms with Crippen LogP contribution in [0, 0.1) is 5.82 Å². The summed E-state index contributed by atoms with van der Waals surface area (Å²) in [5.74, 6) is 0.419. The van der Waals surface area contributed by atoms with E-state index < -0.39 is 5.82 Å². The summed E-state index contributed by atoms with van der Waals surface area (Å²) in [6.07, 6.45) is 3.44. The smallest absolute Gasteiger partial charge is 0.165 e. The molecule has 0 saturated carbocycles. The van der Waals surface area contributed by atoms with Crippen molar-refractivity contribution < 1.29 is 4.39 Å². The summed E-state index contributed by atoms with van der Waals surface area (Å²) in [6.45, 7) is 1.70. The summed E-state index contributed by atoms with van der Waals surface area (Å²) in [6, 6.07) is 6.48. The second-order valence-electron chi connectivity index (χ2n) is 5.48. The number of aromatic nitrogens is 3. The number of halogens is 2. The first-order valence-corrected chi connectivity index (χ1v) is 7.61. The number of nitrogens with zero attached hydrogens (tertiary/aromatic N) is 4. The predicted octanol–water partition coefficient (Wildman–Crippen LogP) is 3.16. The lowest BCUT2D eigenvalue weighted by Gasteiger charge is -2.12. The number of anilines is 1. The van der Waals surface area contributed by atoms with Gasteiger partial charge in [0.1, 0.15) is 11.6 Å². The first-order valence-electron chi connectivity index (χ1n) is 7.23. The number of rotatable bonds is 5. The Morgan fingerprint density at radius 1 is 1.30 bits per heavy atom. The lowest BCUT2D eigenvalue weighted by Crippen LogP contribution is -2.21. The highest BCUT2D eigenvalue weighted by atomic mass is 35.5. The Morgan fingerprint density at radius 2 is 2.13 bits per heavy atom.